The van der Waals surface area contributed by atoms with Crippen molar-refractivity contribution in [3.05, 3.63) is 29.8 Å². The molecule has 0 bridgehead atoms. The van der Waals surface area contributed by atoms with Gasteiger partial charge in [0, 0.05) is 17.5 Å². The minimum Gasteiger partial charge on any atom is -0.493 e. The van der Waals surface area contributed by atoms with Crippen LogP contribution in [0.15, 0.2) is 24.3 Å². The Bertz CT molecular complexity index is 349. The summed E-state index contributed by atoms with van der Waals surface area (Å²) < 4.78 is 5.69. The standard InChI is InChI=1S/C15H23NO/c1-12(2)16-10-6-5-7-13-11-17-15-9-4-3-8-14(13)15/h3-4,8-9,12-13,16H,5-7,10-11H2,1-2H3. The zero-order chi connectivity index (χ0) is 12.1. The second-order valence-corrected chi connectivity index (χ2v) is 5.15. The lowest BCUT2D eigenvalue weighted by atomic mass is 9.95. The van der Waals surface area contributed by atoms with Crippen LogP contribution in [0.4, 0.5) is 0 Å². The van der Waals surface area contributed by atoms with Crippen molar-refractivity contribution in [1.29, 1.82) is 0 Å². The van der Waals surface area contributed by atoms with Crippen molar-refractivity contribution in [1.82, 2.24) is 5.32 Å². The van der Waals surface area contributed by atoms with E-state index in [1.807, 2.05) is 6.07 Å². The van der Waals surface area contributed by atoms with Gasteiger partial charge in [-0.15, -0.1) is 0 Å². The third-order valence-electron chi connectivity index (χ3n) is 3.33. The summed E-state index contributed by atoms with van der Waals surface area (Å²) in [6.07, 6.45) is 3.79. The van der Waals surface area contributed by atoms with Gasteiger partial charge in [0.05, 0.1) is 6.61 Å². The number of nitrogens with one attached hydrogen (secondary N) is 1. The van der Waals surface area contributed by atoms with E-state index >= 15 is 0 Å². The first kappa shape index (κ1) is 12.4. The van der Waals surface area contributed by atoms with Gasteiger partial charge in [-0.05, 0) is 25.5 Å². The van der Waals surface area contributed by atoms with Crippen molar-refractivity contribution < 1.29 is 4.74 Å². The van der Waals surface area contributed by atoms with Crippen LogP contribution in [-0.4, -0.2) is 19.2 Å². The van der Waals surface area contributed by atoms with Crippen molar-refractivity contribution in [3.63, 3.8) is 0 Å². The van der Waals surface area contributed by atoms with E-state index in [9.17, 15) is 0 Å². The second kappa shape index (κ2) is 6.06. The maximum Gasteiger partial charge on any atom is 0.122 e. The van der Waals surface area contributed by atoms with E-state index in [1.165, 1.54) is 24.8 Å². The van der Waals surface area contributed by atoms with Gasteiger partial charge in [-0.3, -0.25) is 0 Å². The molecule has 94 valence electrons. The first-order chi connectivity index (χ1) is 8.27. The molecule has 1 unspecified atom stereocenters. The number of rotatable bonds is 6. The number of ether oxygens (including phenoxy) is 1. The van der Waals surface area contributed by atoms with Crippen LogP contribution in [0.3, 0.4) is 0 Å². The average Bonchev–Trinajstić information content (AvgIpc) is 2.72. The van der Waals surface area contributed by atoms with Crippen LogP contribution in [0.1, 0.15) is 44.6 Å². The molecule has 0 saturated heterocycles. The molecule has 1 aliphatic heterocycles. The largest absolute Gasteiger partial charge is 0.493 e. The smallest absolute Gasteiger partial charge is 0.122 e. The van der Waals surface area contributed by atoms with Crippen molar-refractivity contribution >= 4 is 0 Å². The number of unbranched alkanes of at least 4 members (excludes halogenated alkanes) is 1. The highest BCUT2D eigenvalue weighted by Gasteiger charge is 2.22. The Morgan fingerprint density at radius 3 is 2.94 bits per heavy atom. The van der Waals surface area contributed by atoms with Crippen LogP contribution in [0.5, 0.6) is 5.75 Å². The maximum absolute atomic E-state index is 5.69. The van der Waals surface area contributed by atoms with E-state index in [0.717, 1.165) is 18.9 Å². The normalized spacial score (nSPS) is 18.2. The fourth-order valence-corrected chi connectivity index (χ4v) is 2.37. The monoisotopic (exact) mass is 233 g/mol. The molecule has 2 heteroatoms. The fraction of sp³-hybridized carbons (Fsp3) is 0.600. The summed E-state index contributed by atoms with van der Waals surface area (Å²) in [5.41, 5.74) is 1.41. The minimum atomic E-state index is 0.602. The van der Waals surface area contributed by atoms with Crippen molar-refractivity contribution in [2.24, 2.45) is 0 Å². The number of hydrogen-bond donors (Lipinski definition) is 1. The minimum absolute atomic E-state index is 0.602. The molecule has 1 aliphatic rings. The molecular weight excluding hydrogens is 210 g/mol. The highest BCUT2D eigenvalue weighted by atomic mass is 16.5. The predicted octanol–water partition coefficient (Wildman–Crippen LogP) is 3.33. The van der Waals surface area contributed by atoms with E-state index in [1.54, 1.807) is 0 Å². The summed E-state index contributed by atoms with van der Waals surface area (Å²) in [5, 5.41) is 3.46. The van der Waals surface area contributed by atoms with Crippen LogP contribution >= 0.6 is 0 Å². The zero-order valence-electron chi connectivity index (χ0n) is 10.9. The molecule has 2 nitrogen and oxygen atoms in total. The third kappa shape index (κ3) is 3.47. The Morgan fingerprint density at radius 2 is 2.12 bits per heavy atom. The number of para-hydroxylation sites is 1. The molecule has 1 aromatic rings. The number of fused-ring (bicyclic) bond motifs is 1. The first-order valence-electron chi connectivity index (χ1n) is 6.72. The SMILES string of the molecule is CC(C)NCCCCC1COc2ccccc21. The lowest BCUT2D eigenvalue weighted by molar-refractivity contribution is 0.322. The Labute approximate surface area is 104 Å². The molecule has 0 radical (unpaired) electrons. The van der Waals surface area contributed by atoms with E-state index in [2.05, 4.69) is 37.4 Å². The van der Waals surface area contributed by atoms with Crippen LogP contribution in [-0.2, 0) is 0 Å². The van der Waals surface area contributed by atoms with Crippen molar-refractivity contribution in [2.45, 2.75) is 45.1 Å². The Morgan fingerprint density at radius 1 is 1.29 bits per heavy atom. The summed E-state index contributed by atoms with van der Waals surface area (Å²) >= 11 is 0. The van der Waals surface area contributed by atoms with E-state index < -0.39 is 0 Å². The molecule has 0 saturated carbocycles. The van der Waals surface area contributed by atoms with Crippen LogP contribution < -0.4 is 10.1 Å². The summed E-state index contributed by atoms with van der Waals surface area (Å²) in [6.45, 7) is 6.39. The van der Waals surface area contributed by atoms with Crippen molar-refractivity contribution in [3.8, 4) is 5.75 Å². The molecule has 0 aromatic heterocycles. The molecule has 1 N–H and O–H groups in total. The van der Waals surface area contributed by atoms with Gasteiger partial charge in [0.25, 0.3) is 0 Å². The highest BCUT2D eigenvalue weighted by Crippen LogP contribution is 2.36. The lowest BCUT2D eigenvalue weighted by Gasteiger charge is -2.10. The van der Waals surface area contributed by atoms with Gasteiger partial charge in [-0.25, -0.2) is 0 Å². The number of benzene rings is 1. The summed E-state index contributed by atoms with van der Waals surface area (Å²) in [6, 6.07) is 9.05. The molecule has 2 rings (SSSR count). The van der Waals surface area contributed by atoms with Gasteiger partial charge in [0.1, 0.15) is 5.75 Å². The Hall–Kier alpha value is -1.02. The second-order valence-electron chi connectivity index (χ2n) is 5.15. The van der Waals surface area contributed by atoms with Crippen LogP contribution in [0.2, 0.25) is 0 Å². The molecule has 1 atom stereocenters. The van der Waals surface area contributed by atoms with E-state index in [4.69, 9.17) is 4.74 Å². The Kier molecular flexibility index (Phi) is 4.43. The summed E-state index contributed by atoms with van der Waals surface area (Å²) in [4.78, 5) is 0. The van der Waals surface area contributed by atoms with Gasteiger partial charge in [0.15, 0.2) is 0 Å². The van der Waals surface area contributed by atoms with Crippen molar-refractivity contribution in [2.75, 3.05) is 13.2 Å². The number of hydrogen-bond acceptors (Lipinski definition) is 2. The third-order valence-corrected chi connectivity index (χ3v) is 3.33. The predicted molar refractivity (Wildman–Crippen MR) is 71.7 cm³/mol. The highest BCUT2D eigenvalue weighted by molar-refractivity contribution is 5.39. The lowest BCUT2D eigenvalue weighted by Crippen LogP contribution is -2.23. The summed E-state index contributed by atoms with van der Waals surface area (Å²) in [5.74, 6) is 1.71. The van der Waals surface area contributed by atoms with Gasteiger partial charge in [-0.2, -0.15) is 0 Å². The van der Waals surface area contributed by atoms with E-state index in [0.29, 0.717) is 12.0 Å². The first-order valence-corrected chi connectivity index (χ1v) is 6.72. The topological polar surface area (TPSA) is 21.3 Å². The molecule has 17 heavy (non-hydrogen) atoms. The van der Waals surface area contributed by atoms with Gasteiger partial charge < -0.3 is 10.1 Å². The van der Waals surface area contributed by atoms with Crippen LogP contribution in [0, 0.1) is 0 Å². The Balaban J connectivity index is 1.71. The van der Waals surface area contributed by atoms with Gasteiger partial charge in [-0.1, -0.05) is 38.5 Å². The molecule has 1 heterocycles. The molecule has 0 aliphatic carbocycles. The molecule has 0 fully saturated rings. The summed E-state index contributed by atoms with van der Waals surface area (Å²) in [7, 11) is 0. The maximum atomic E-state index is 5.69. The zero-order valence-corrected chi connectivity index (χ0v) is 10.9. The molecule has 0 amide bonds. The average molecular weight is 233 g/mol. The quantitative estimate of drug-likeness (QED) is 0.761. The molecule has 0 spiro atoms. The molecule has 1 aromatic carbocycles. The fourth-order valence-electron chi connectivity index (χ4n) is 2.37. The van der Waals surface area contributed by atoms with Gasteiger partial charge >= 0.3 is 0 Å². The van der Waals surface area contributed by atoms with Gasteiger partial charge in [0.2, 0.25) is 0 Å². The van der Waals surface area contributed by atoms with Crippen LogP contribution in [0.25, 0.3) is 0 Å². The van der Waals surface area contributed by atoms with E-state index in [-0.39, 0.29) is 0 Å². The molecular formula is C15H23NO.